The van der Waals surface area contributed by atoms with E-state index in [2.05, 4.69) is 0 Å². The molecule has 4 aromatic rings. The molecule has 1 aliphatic rings. The van der Waals surface area contributed by atoms with Gasteiger partial charge in [-0.1, -0.05) is 24.3 Å². The van der Waals surface area contributed by atoms with Crippen LogP contribution in [0, 0.1) is 11.6 Å². The van der Waals surface area contributed by atoms with Crippen LogP contribution in [0.5, 0.6) is 11.5 Å². The van der Waals surface area contributed by atoms with Crippen molar-refractivity contribution >= 4 is 11.0 Å². The first-order chi connectivity index (χ1) is 16.1. The lowest BCUT2D eigenvalue weighted by molar-refractivity contribution is 0.255. The van der Waals surface area contributed by atoms with Crippen LogP contribution in [0.4, 0.5) is 8.78 Å². The Bertz CT molecular complexity index is 1340. The minimum absolute atomic E-state index is 0.146. The van der Waals surface area contributed by atoms with Gasteiger partial charge in [-0.05, 0) is 78.8 Å². The molecule has 0 fully saturated rings. The predicted molar refractivity (Wildman–Crippen MR) is 121 cm³/mol. The van der Waals surface area contributed by atoms with E-state index >= 15 is 0 Å². The standard InChI is InChI=1S/C27H22F2O4/c28-19-9-5-17(6-10-19)15-31-24-14-13-22-21-3-1-2-4-23(21)27(30)33-25(22)26(24)32-16-18-7-11-20(29)12-8-18/h5-14H,1-4,15-16H2. The van der Waals surface area contributed by atoms with E-state index < -0.39 is 0 Å². The van der Waals surface area contributed by atoms with E-state index in [1.807, 2.05) is 6.07 Å². The summed E-state index contributed by atoms with van der Waals surface area (Å²) < 4.78 is 44.3. The van der Waals surface area contributed by atoms with Gasteiger partial charge in [-0.15, -0.1) is 0 Å². The summed E-state index contributed by atoms with van der Waals surface area (Å²) in [5, 5.41) is 0.840. The van der Waals surface area contributed by atoms with Crippen molar-refractivity contribution in [3.8, 4) is 11.5 Å². The molecule has 6 heteroatoms. The Hall–Kier alpha value is -3.67. The number of benzene rings is 3. The number of hydrogen-bond donors (Lipinski definition) is 0. The molecule has 1 heterocycles. The largest absolute Gasteiger partial charge is 0.485 e. The summed E-state index contributed by atoms with van der Waals surface area (Å²) in [5.41, 5.74) is 3.28. The molecule has 0 N–H and O–H groups in total. The van der Waals surface area contributed by atoms with E-state index in [-0.39, 0.29) is 30.5 Å². The van der Waals surface area contributed by atoms with Crippen LogP contribution in [0.1, 0.15) is 35.1 Å². The first-order valence-corrected chi connectivity index (χ1v) is 10.9. The SMILES string of the molecule is O=c1oc2c(OCc3ccc(F)cc3)c(OCc3ccc(F)cc3)ccc2c2c1CCCC2. The molecule has 0 saturated carbocycles. The zero-order valence-electron chi connectivity index (χ0n) is 17.9. The summed E-state index contributed by atoms with van der Waals surface area (Å²) >= 11 is 0. The molecule has 0 saturated heterocycles. The topological polar surface area (TPSA) is 48.7 Å². The second-order valence-electron chi connectivity index (χ2n) is 8.15. The molecule has 0 radical (unpaired) electrons. The van der Waals surface area contributed by atoms with Crippen molar-refractivity contribution in [2.45, 2.75) is 38.9 Å². The lowest BCUT2D eigenvalue weighted by Crippen LogP contribution is -2.16. The number of ether oxygens (including phenoxy) is 2. The van der Waals surface area contributed by atoms with Gasteiger partial charge in [0.1, 0.15) is 24.8 Å². The molecule has 0 unspecified atom stereocenters. The molecule has 0 spiro atoms. The third-order valence-electron chi connectivity index (χ3n) is 5.91. The molecule has 168 valence electrons. The van der Waals surface area contributed by atoms with E-state index in [4.69, 9.17) is 13.9 Å². The molecule has 0 aliphatic heterocycles. The molecule has 1 aromatic heterocycles. The summed E-state index contributed by atoms with van der Waals surface area (Å²) in [6, 6.07) is 15.7. The van der Waals surface area contributed by atoms with Crippen LogP contribution in [-0.4, -0.2) is 0 Å². The molecule has 0 bridgehead atoms. The molecule has 5 rings (SSSR count). The van der Waals surface area contributed by atoms with E-state index in [9.17, 15) is 13.6 Å². The second-order valence-corrected chi connectivity index (χ2v) is 8.15. The fraction of sp³-hybridized carbons (Fsp3) is 0.222. The highest BCUT2D eigenvalue weighted by atomic mass is 19.1. The van der Waals surface area contributed by atoms with Gasteiger partial charge in [0.05, 0.1) is 0 Å². The third kappa shape index (κ3) is 4.46. The zero-order valence-corrected chi connectivity index (χ0v) is 17.9. The van der Waals surface area contributed by atoms with E-state index in [1.165, 1.54) is 24.3 Å². The predicted octanol–water partition coefficient (Wildman–Crippen LogP) is 6.11. The van der Waals surface area contributed by atoms with Crippen molar-refractivity contribution in [3.05, 3.63) is 105 Å². The van der Waals surface area contributed by atoms with Crippen molar-refractivity contribution in [3.63, 3.8) is 0 Å². The van der Waals surface area contributed by atoms with Crippen molar-refractivity contribution in [1.29, 1.82) is 0 Å². The number of halogens is 2. The van der Waals surface area contributed by atoms with Crippen molar-refractivity contribution in [2.75, 3.05) is 0 Å². The quantitative estimate of drug-likeness (QED) is 0.334. The summed E-state index contributed by atoms with van der Waals surface area (Å²) in [4.78, 5) is 12.7. The Balaban J connectivity index is 1.54. The van der Waals surface area contributed by atoms with Crippen molar-refractivity contribution in [2.24, 2.45) is 0 Å². The van der Waals surface area contributed by atoms with Crippen LogP contribution < -0.4 is 15.1 Å². The second kappa shape index (κ2) is 9.06. The third-order valence-corrected chi connectivity index (χ3v) is 5.91. The summed E-state index contributed by atoms with van der Waals surface area (Å²) in [7, 11) is 0. The van der Waals surface area contributed by atoms with Crippen LogP contribution in [0.15, 0.2) is 69.9 Å². The number of hydrogen-bond acceptors (Lipinski definition) is 4. The van der Waals surface area contributed by atoms with E-state index in [0.717, 1.165) is 46.9 Å². The summed E-state index contributed by atoms with van der Waals surface area (Å²) in [6.07, 6.45) is 3.50. The van der Waals surface area contributed by atoms with E-state index in [1.54, 1.807) is 30.3 Å². The zero-order chi connectivity index (χ0) is 22.8. The highest BCUT2D eigenvalue weighted by Gasteiger charge is 2.22. The van der Waals surface area contributed by atoms with Gasteiger partial charge in [-0.3, -0.25) is 0 Å². The molecule has 33 heavy (non-hydrogen) atoms. The highest BCUT2D eigenvalue weighted by Crippen LogP contribution is 2.39. The summed E-state index contributed by atoms with van der Waals surface area (Å²) in [6.45, 7) is 0.334. The van der Waals surface area contributed by atoms with Gasteiger partial charge in [0.15, 0.2) is 11.3 Å². The smallest absolute Gasteiger partial charge is 0.339 e. The molecule has 0 amide bonds. The highest BCUT2D eigenvalue weighted by molar-refractivity contribution is 5.89. The average molecular weight is 448 g/mol. The maximum Gasteiger partial charge on any atom is 0.339 e. The van der Waals surface area contributed by atoms with Crippen LogP contribution in [0.25, 0.3) is 11.0 Å². The monoisotopic (exact) mass is 448 g/mol. The first kappa shape index (κ1) is 21.2. The van der Waals surface area contributed by atoms with E-state index in [0.29, 0.717) is 23.5 Å². The van der Waals surface area contributed by atoms with Gasteiger partial charge in [0.25, 0.3) is 0 Å². The Morgan fingerprint density at radius 3 is 1.94 bits per heavy atom. The molecule has 3 aromatic carbocycles. The minimum atomic E-state index is -0.348. The Morgan fingerprint density at radius 1 is 0.727 bits per heavy atom. The van der Waals surface area contributed by atoms with Gasteiger partial charge in [0.2, 0.25) is 5.75 Å². The van der Waals surface area contributed by atoms with Crippen LogP contribution in [0.2, 0.25) is 0 Å². The van der Waals surface area contributed by atoms with Crippen LogP contribution in [-0.2, 0) is 26.1 Å². The molecular formula is C27H22F2O4. The van der Waals surface area contributed by atoms with Crippen molar-refractivity contribution < 1.29 is 22.7 Å². The molecule has 0 atom stereocenters. The molecule has 1 aliphatic carbocycles. The summed E-state index contributed by atoms with van der Waals surface area (Å²) in [5.74, 6) is 0.0847. The number of rotatable bonds is 6. The van der Waals surface area contributed by atoms with Gasteiger partial charge >= 0.3 is 5.63 Å². The average Bonchev–Trinajstić information content (AvgIpc) is 2.84. The maximum atomic E-state index is 13.3. The van der Waals surface area contributed by atoms with Crippen molar-refractivity contribution in [1.82, 2.24) is 0 Å². The number of aryl methyl sites for hydroxylation is 1. The van der Waals surface area contributed by atoms with Gasteiger partial charge in [0, 0.05) is 10.9 Å². The first-order valence-electron chi connectivity index (χ1n) is 10.9. The van der Waals surface area contributed by atoms with Crippen LogP contribution >= 0.6 is 0 Å². The van der Waals surface area contributed by atoms with Gasteiger partial charge < -0.3 is 13.9 Å². The minimum Gasteiger partial charge on any atom is -0.485 e. The maximum absolute atomic E-state index is 13.3. The Morgan fingerprint density at radius 2 is 1.30 bits per heavy atom. The Labute approximate surface area is 189 Å². The molecular weight excluding hydrogens is 426 g/mol. The fourth-order valence-corrected chi connectivity index (χ4v) is 4.19. The Kier molecular flexibility index (Phi) is 5.82. The fourth-order valence-electron chi connectivity index (χ4n) is 4.19. The van der Waals surface area contributed by atoms with Crippen LogP contribution in [0.3, 0.4) is 0 Å². The number of fused-ring (bicyclic) bond motifs is 3. The van der Waals surface area contributed by atoms with Gasteiger partial charge in [-0.25, -0.2) is 13.6 Å². The molecule has 4 nitrogen and oxygen atoms in total. The normalized spacial score (nSPS) is 13.0. The lowest BCUT2D eigenvalue weighted by Gasteiger charge is -2.19. The van der Waals surface area contributed by atoms with Gasteiger partial charge in [-0.2, -0.15) is 0 Å². The lowest BCUT2D eigenvalue weighted by atomic mass is 9.90.